The molecule has 188 valence electrons. The van der Waals surface area contributed by atoms with Crippen molar-refractivity contribution in [2.45, 2.75) is 24.3 Å². The Morgan fingerprint density at radius 2 is 1.25 bits per heavy atom. The van der Waals surface area contributed by atoms with E-state index in [1.54, 1.807) is 0 Å². The fourth-order valence-electron chi connectivity index (χ4n) is 5.77. The van der Waals surface area contributed by atoms with Gasteiger partial charge in [-0.3, -0.25) is 4.90 Å². The zero-order chi connectivity index (χ0) is 24.8. The van der Waals surface area contributed by atoms with Gasteiger partial charge < -0.3 is 15.1 Å². The summed E-state index contributed by atoms with van der Waals surface area (Å²) in [5, 5.41) is 3.34. The number of amides is 2. The van der Waals surface area contributed by atoms with E-state index < -0.39 is 0 Å². The number of likely N-dealkylation sites (tertiary alicyclic amines) is 1. The molecule has 0 unspecified atom stereocenters. The highest BCUT2D eigenvalue weighted by molar-refractivity contribution is 5.75. The van der Waals surface area contributed by atoms with E-state index >= 15 is 0 Å². The van der Waals surface area contributed by atoms with Gasteiger partial charge in [0, 0.05) is 51.2 Å². The summed E-state index contributed by atoms with van der Waals surface area (Å²) in [5.74, 6) is 0. The second-order valence-electron chi connectivity index (χ2n) is 10.4. The molecule has 2 fully saturated rings. The first-order chi connectivity index (χ1) is 17.6. The number of piperidine rings is 1. The van der Waals surface area contributed by atoms with Gasteiger partial charge in [0.2, 0.25) is 0 Å². The van der Waals surface area contributed by atoms with Gasteiger partial charge in [0.1, 0.15) is 0 Å². The molecule has 2 saturated heterocycles. The smallest absolute Gasteiger partial charge is 0.318 e. The lowest BCUT2D eigenvalue weighted by Crippen LogP contribution is -2.55. The van der Waals surface area contributed by atoms with Crippen LogP contribution in [0.4, 0.5) is 4.79 Å². The number of carbonyl (C=O) groups excluding carboxylic acids is 1. The van der Waals surface area contributed by atoms with E-state index in [4.69, 9.17) is 0 Å². The van der Waals surface area contributed by atoms with Crippen LogP contribution in [-0.4, -0.2) is 73.6 Å². The Hall–Kier alpha value is -3.15. The number of urea groups is 1. The topological polar surface area (TPSA) is 38.8 Å². The molecular weight excluding hydrogens is 444 g/mol. The van der Waals surface area contributed by atoms with Gasteiger partial charge in [0.15, 0.2) is 0 Å². The van der Waals surface area contributed by atoms with Gasteiger partial charge in [-0.05, 0) is 36.6 Å². The Bertz CT molecular complexity index is 1050. The van der Waals surface area contributed by atoms with Crippen LogP contribution < -0.4 is 5.32 Å². The van der Waals surface area contributed by atoms with Crippen LogP contribution in [0.3, 0.4) is 0 Å². The number of hydrogen-bond donors (Lipinski definition) is 1. The number of nitrogens with one attached hydrogen (secondary N) is 1. The van der Waals surface area contributed by atoms with E-state index in [1.807, 2.05) is 41.3 Å². The molecule has 2 aliphatic rings. The van der Waals surface area contributed by atoms with Crippen molar-refractivity contribution in [1.82, 2.24) is 20.0 Å². The van der Waals surface area contributed by atoms with Gasteiger partial charge >= 0.3 is 6.03 Å². The molecule has 2 heterocycles. The molecule has 0 bridgehead atoms. The predicted molar refractivity (Wildman–Crippen MR) is 146 cm³/mol. The predicted octanol–water partition coefficient (Wildman–Crippen LogP) is 4.77. The highest BCUT2D eigenvalue weighted by atomic mass is 16.2. The zero-order valence-electron chi connectivity index (χ0n) is 21.4. The zero-order valence-corrected chi connectivity index (χ0v) is 21.4. The molecule has 3 aromatic rings. The van der Waals surface area contributed by atoms with Crippen molar-refractivity contribution in [3.05, 3.63) is 108 Å². The van der Waals surface area contributed by atoms with Crippen LogP contribution in [0.5, 0.6) is 0 Å². The first-order valence-electron chi connectivity index (χ1n) is 13.2. The second kappa shape index (κ2) is 11.3. The van der Waals surface area contributed by atoms with Crippen molar-refractivity contribution in [3.8, 4) is 0 Å². The maximum absolute atomic E-state index is 13.5. The van der Waals surface area contributed by atoms with Crippen molar-refractivity contribution in [3.63, 3.8) is 0 Å². The number of benzene rings is 3. The minimum Gasteiger partial charge on any atom is -0.327 e. The summed E-state index contributed by atoms with van der Waals surface area (Å²) < 4.78 is 0. The highest BCUT2D eigenvalue weighted by Crippen LogP contribution is 2.37. The molecule has 0 radical (unpaired) electrons. The first kappa shape index (κ1) is 24.5. The van der Waals surface area contributed by atoms with Gasteiger partial charge in [-0.15, -0.1) is 0 Å². The minimum atomic E-state index is -0.161. The van der Waals surface area contributed by atoms with E-state index in [1.165, 1.54) is 5.56 Å². The molecule has 5 heteroatoms. The number of rotatable bonds is 6. The van der Waals surface area contributed by atoms with Crippen LogP contribution in [0.25, 0.3) is 0 Å². The van der Waals surface area contributed by atoms with Crippen LogP contribution >= 0.6 is 0 Å². The van der Waals surface area contributed by atoms with E-state index in [9.17, 15) is 4.79 Å². The van der Waals surface area contributed by atoms with Crippen LogP contribution in [0.2, 0.25) is 0 Å². The molecule has 5 nitrogen and oxygen atoms in total. The molecule has 2 amide bonds. The van der Waals surface area contributed by atoms with Crippen molar-refractivity contribution in [1.29, 1.82) is 0 Å². The standard InChI is InChI=1S/C31H38N4O/c1-33-21-23-34(24-22-33)25-31(28-15-9-4-10-16-28)17-19-35(20-18-31)30(36)32-29(26-11-5-2-6-12-26)27-13-7-3-8-14-27/h2-16,29H,17-25H2,1H3,(H,32,36). The molecule has 0 spiro atoms. The number of hydrogen-bond acceptors (Lipinski definition) is 3. The van der Waals surface area contributed by atoms with Gasteiger partial charge in [0.25, 0.3) is 0 Å². The van der Waals surface area contributed by atoms with Crippen molar-refractivity contribution < 1.29 is 4.79 Å². The fraction of sp³-hybridized carbons (Fsp3) is 0.387. The molecule has 36 heavy (non-hydrogen) atoms. The summed E-state index contributed by atoms with van der Waals surface area (Å²) in [6, 6.07) is 31.4. The molecule has 0 saturated carbocycles. The summed E-state index contributed by atoms with van der Waals surface area (Å²) in [7, 11) is 2.21. The second-order valence-corrected chi connectivity index (χ2v) is 10.4. The molecule has 3 aromatic carbocycles. The Balaban J connectivity index is 1.30. The fourth-order valence-corrected chi connectivity index (χ4v) is 5.77. The van der Waals surface area contributed by atoms with Crippen molar-refractivity contribution >= 4 is 6.03 Å². The highest BCUT2D eigenvalue weighted by Gasteiger charge is 2.39. The number of piperazine rings is 1. The van der Waals surface area contributed by atoms with Crippen molar-refractivity contribution in [2.24, 2.45) is 0 Å². The minimum absolute atomic E-state index is 0.0222. The summed E-state index contributed by atoms with van der Waals surface area (Å²) in [5.41, 5.74) is 3.70. The average molecular weight is 483 g/mol. The van der Waals surface area contributed by atoms with Crippen LogP contribution in [-0.2, 0) is 5.41 Å². The van der Waals surface area contributed by atoms with Gasteiger partial charge in [0.05, 0.1) is 6.04 Å². The Morgan fingerprint density at radius 1 is 0.750 bits per heavy atom. The van der Waals surface area contributed by atoms with E-state index in [2.05, 4.69) is 76.8 Å². The van der Waals surface area contributed by atoms with Crippen LogP contribution in [0.1, 0.15) is 35.6 Å². The first-order valence-corrected chi connectivity index (χ1v) is 13.2. The molecule has 0 atom stereocenters. The molecule has 2 aliphatic heterocycles. The van der Waals surface area contributed by atoms with Crippen molar-refractivity contribution in [2.75, 3.05) is 52.9 Å². The molecule has 0 aromatic heterocycles. The maximum atomic E-state index is 13.5. The third kappa shape index (κ3) is 5.63. The lowest BCUT2D eigenvalue weighted by molar-refractivity contribution is 0.0923. The molecule has 1 N–H and O–H groups in total. The normalized spacial score (nSPS) is 18.8. The Kier molecular flexibility index (Phi) is 7.69. The summed E-state index contributed by atoms with van der Waals surface area (Å²) in [6.07, 6.45) is 1.97. The lowest BCUT2D eigenvalue weighted by Gasteiger charge is -2.46. The third-order valence-electron chi connectivity index (χ3n) is 8.05. The van der Waals surface area contributed by atoms with E-state index in [0.29, 0.717) is 0 Å². The van der Waals surface area contributed by atoms with Crippen LogP contribution in [0.15, 0.2) is 91.0 Å². The van der Waals surface area contributed by atoms with Gasteiger partial charge in [-0.2, -0.15) is 0 Å². The molecular formula is C31H38N4O. The number of carbonyl (C=O) groups is 1. The van der Waals surface area contributed by atoms with Gasteiger partial charge in [-0.25, -0.2) is 4.79 Å². The quantitative estimate of drug-likeness (QED) is 0.550. The molecule has 0 aliphatic carbocycles. The average Bonchev–Trinajstić information content (AvgIpc) is 2.95. The lowest BCUT2D eigenvalue weighted by atomic mass is 9.72. The largest absolute Gasteiger partial charge is 0.327 e. The molecule has 5 rings (SSSR count). The Labute approximate surface area is 215 Å². The number of likely N-dealkylation sites (N-methyl/N-ethyl adjacent to an activating group) is 1. The van der Waals surface area contributed by atoms with Gasteiger partial charge in [-0.1, -0.05) is 91.0 Å². The third-order valence-corrected chi connectivity index (χ3v) is 8.05. The number of nitrogens with zero attached hydrogens (tertiary/aromatic N) is 3. The summed E-state index contributed by atoms with van der Waals surface area (Å²) in [4.78, 5) is 20.6. The van der Waals surface area contributed by atoms with Crippen LogP contribution in [0, 0.1) is 0 Å². The summed E-state index contributed by atoms with van der Waals surface area (Å²) in [6.45, 7) is 7.09. The maximum Gasteiger partial charge on any atom is 0.318 e. The van der Waals surface area contributed by atoms with E-state index in [0.717, 1.165) is 69.8 Å². The van der Waals surface area contributed by atoms with E-state index in [-0.39, 0.29) is 17.5 Å². The monoisotopic (exact) mass is 482 g/mol. The SMILES string of the molecule is CN1CCN(CC2(c3ccccc3)CCN(C(=O)NC(c3ccccc3)c3ccccc3)CC2)CC1. The Morgan fingerprint density at radius 3 is 1.78 bits per heavy atom. The summed E-state index contributed by atoms with van der Waals surface area (Å²) >= 11 is 0.